The van der Waals surface area contributed by atoms with Crippen molar-refractivity contribution in [2.75, 3.05) is 13.4 Å². The zero-order valence-corrected chi connectivity index (χ0v) is 13.2. The molecule has 0 aliphatic rings. The van der Waals surface area contributed by atoms with Crippen LogP contribution in [0, 0.1) is 0 Å². The highest BCUT2D eigenvalue weighted by molar-refractivity contribution is 7.86. The lowest BCUT2D eigenvalue weighted by Crippen LogP contribution is -2.50. The van der Waals surface area contributed by atoms with E-state index in [-0.39, 0.29) is 0 Å². The fourth-order valence-corrected chi connectivity index (χ4v) is 1.92. The number of alkyl carbamates (subject to hydrolysis) is 1. The Balaban J connectivity index is 4.91. The van der Waals surface area contributed by atoms with Gasteiger partial charge in [-0.05, 0) is 27.7 Å². The number of nitrogens with one attached hydrogen (secondary N) is 1. The van der Waals surface area contributed by atoms with Crippen molar-refractivity contribution in [2.45, 2.75) is 45.4 Å². The molecule has 0 aromatic heterocycles. The fraction of sp³-hybridized carbons (Fsp3) is 0.818. The smallest absolute Gasteiger partial charge is 0.408 e. The summed E-state index contributed by atoms with van der Waals surface area (Å²) in [4.78, 5) is 23.2. The Bertz CT molecular complexity index is 452. The molecule has 0 aliphatic heterocycles. The van der Waals surface area contributed by atoms with E-state index < -0.39 is 39.9 Å². The molecule has 0 aromatic rings. The van der Waals surface area contributed by atoms with E-state index in [1.807, 2.05) is 0 Å². The number of rotatable bonds is 5. The van der Waals surface area contributed by atoms with Crippen LogP contribution in [-0.2, 0) is 28.6 Å². The number of carbonyl (C=O) groups excluding carboxylic acids is 2. The molecule has 0 heterocycles. The van der Waals surface area contributed by atoms with Crippen molar-refractivity contribution in [3.05, 3.63) is 0 Å². The van der Waals surface area contributed by atoms with Gasteiger partial charge >= 0.3 is 12.1 Å². The molecule has 20 heavy (non-hydrogen) atoms. The van der Waals surface area contributed by atoms with Crippen LogP contribution in [0.2, 0.25) is 0 Å². The van der Waals surface area contributed by atoms with E-state index >= 15 is 0 Å². The monoisotopic (exact) mass is 311 g/mol. The number of esters is 1. The number of amides is 1. The minimum Gasteiger partial charge on any atom is -0.467 e. The third-order valence-electron chi connectivity index (χ3n) is 1.92. The minimum atomic E-state index is -3.78. The Morgan fingerprint density at radius 3 is 2.05 bits per heavy atom. The summed E-state index contributed by atoms with van der Waals surface area (Å²) in [6, 6.07) is -1.30. The average Bonchev–Trinajstić information content (AvgIpc) is 2.19. The zero-order valence-electron chi connectivity index (χ0n) is 12.4. The molecule has 0 unspecified atom stereocenters. The molecule has 9 heteroatoms. The van der Waals surface area contributed by atoms with Gasteiger partial charge in [-0.3, -0.25) is 4.18 Å². The van der Waals surface area contributed by atoms with Crippen molar-refractivity contribution in [2.24, 2.45) is 0 Å². The normalized spacial score (nSPS) is 15.1. The summed E-state index contributed by atoms with van der Waals surface area (Å²) >= 11 is 0. The summed E-state index contributed by atoms with van der Waals surface area (Å²) in [6.45, 7) is 6.27. The first-order valence-corrected chi connectivity index (χ1v) is 7.63. The topological polar surface area (TPSA) is 108 Å². The van der Waals surface area contributed by atoms with Crippen molar-refractivity contribution >= 4 is 22.2 Å². The van der Waals surface area contributed by atoms with E-state index in [0.717, 1.165) is 13.4 Å². The molecule has 0 saturated heterocycles. The van der Waals surface area contributed by atoms with Crippen LogP contribution in [0.25, 0.3) is 0 Å². The van der Waals surface area contributed by atoms with Crippen molar-refractivity contribution in [1.29, 1.82) is 0 Å². The maximum atomic E-state index is 11.6. The quantitative estimate of drug-likeness (QED) is 0.579. The summed E-state index contributed by atoms with van der Waals surface area (Å²) in [5, 5.41) is 2.22. The summed E-state index contributed by atoms with van der Waals surface area (Å²) in [5.41, 5.74) is -0.758. The lowest BCUT2D eigenvalue weighted by Gasteiger charge is -2.25. The Kier molecular flexibility index (Phi) is 6.42. The molecule has 0 fully saturated rings. The molecule has 0 saturated carbocycles. The van der Waals surface area contributed by atoms with E-state index in [1.54, 1.807) is 20.8 Å². The van der Waals surface area contributed by atoms with Gasteiger partial charge in [0.1, 0.15) is 11.7 Å². The number of carbonyl (C=O) groups is 2. The maximum absolute atomic E-state index is 11.6. The molecule has 0 rings (SSSR count). The summed E-state index contributed by atoms with van der Waals surface area (Å²) < 4.78 is 36.2. The van der Waals surface area contributed by atoms with E-state index in [4.69, 9.17) is 4.74 Å². The number of hydrogen-bond acceptors (Lipinski definition) is 7. The van der Waals surface area contributed by atoms with Crippen LogP contribution in [0.4, 0.5) is 4.79 Å². The maximum Gasteiger partial charge on any atom is 0.408 e. The molecular weight excluding hydrogens is 290 g/mol. The first-order valence-electron chi connectivity index (χ1n) is 5.81. The van der Waals surface area contributed by atoms with Gasteiger partial charge in [-0.15, -0.1) is 0 Å². The zero-order chi connectivity index (χ0) is 16.1. The van der Waals surface area contributed by atoms with Crippen LogP contribution >= 0.6 is 0 Å². The van der Waals surface area contributed by atoms with Gasteiger partial charge in [0.2, 0.25) is 0 Å². The first kappa shape index (κ1) is 18.7. The SMILES string of the molecule is COC(=O)[C@@H](NC(=O)OC(C)(C)C)[C@@H](C)OS(C)(=O)=O. The van der Waals surface area contributed by atoms with Gasteiger partial charge < -0.3 is 14.8 Å². The van der Waals surface area contributed by atoms with E-state index in [2.05, 4.69) is 14.2 Å². The van der Waals surface area contributed by atoms with Gasteiger partial charge in [-0.2, -0.15) is 8.42 Å². The second-order valence-corrected chi connectivity index (χ2v) is 6.75. The van der Waals surface area contributed by atoms with Crippen molar-refractivity contribution in [3.63, 3.8) is 0 Å². The van der Waals surface area contributed by atoms with Crippen LogP contribution in [0.1, 0.15) is 27.7 Å². The fourth-order valence-electron chi connectivity index (χ4n) is 1.26. The van der Waals surface area contributed by atoms with E-state index in [0.29, 0.717) is 0 Å². The van der Waals surface area contributed by atoms with Crippen LogP contribution in [-0.4, -0.2) is 51.6 Å². The molecular formula is C11H21NO7S. The molecule has 0 spiro atoms. The molecule has 2 atom stereocenters. The largest absolute Gasteiger partial charge is 0.467 e. The second kappa shape index (κ2) is 6.89. The van der Waals surface area contributed by atoms with Gasteiger partial charge in [0.25, 0.3) is 10.1 Å². The molecule has 0 radical (unpaired) electrons. The number of hydrogen-bond donors (Lipinski definition) is 1. The van der Waals surface area contributed by atoms with E-state index in [9.17, 15) is 18.0 Å². The third-order valence-corrected chi connectivity index (χ3v) is 2.58. The molecule has 118 valence electrons. The number of ether oxygens (including phenoxy) is 2. The third kappa shape index (κ3) is 7.95. The highest BCUT2D eigenvalue weighted by Crippen LogP contribution is 2.09. The predicted molar refractivity (Wildman–Crippen MR) is 70.6 cm³/mol. The van der Waals surface area contributed by atoms with Gasteiger partial charge in [0.05, 0.1) is 13.4 Å². The average molecular weight is 311 g/mol. The molecule has 0 aromatic carbocycles. The minimum absolute atomic E-state index is 0.758. The number of methoxy groups -OCH3 is 1. The molecule has 1 amide bonds. The molecule has 1 N–H and O–H groups in total. The highest BCUT2D eigenvalue weighted by atomic mass is 32.2. The standard InChI is InChI=1S/C11H21NO7S/c1-7(19-20(6,15)16)8(9(13)17-5)12-10(14)18-11(2,3)4/h7-8H,1-6H3,(H,12,14)/t7-,8+/m1/s1. The van der Waals surface area contributed by atoms with Gasteiger partial charge in [0, 0.05) is 0 Å². The van der Waals surface area contributed by atoms with Crippen LogP contribution in [0.3, 0.4) is 0 Å². The molecule has 8 nitrogen and oxygen atoms in total. The molecule has 0 aliphatic carbocycles. The van der Waals surface area contributed by atoms with E-state index in [1.165, 1.54) is 6.92 Å². The lowest BCUT2D eigenvalue weighted by atomic mass is 10.2. The predicted octanol–water partition coefficient (Wildman–Crippen LogP) is 0.417. The van der Waals surface area contributed by atoms with Crippen molar-refractivity contribution in [3.8, 4) is 0 Å². The first-order chi connectivity index (χ1) is 8.85. The van der Waals surface area contributed by atoms with Crippen molar-refractivity contribution < 1.29 is 31.7 Å². The lowest BCUT2D eigenvalue weighted by molar-refractivity contribution is -0.145. The van der Waals surface area contributed by atoms with Crippen molar-refractivity contribution in [1.82, 2.24) is 5.32 Å². The van der Waals surface area contributed by atoms with Gasteiger partial charge in [-0.25, -0.2) is 9.59 Å². The Labute approximate surface area is 118 Å². The summed E-state index contributed by atoms with van der Waals surface area (Å²) in [5.74, 6) is -0.841. The Morgan fingerprint density at radius 1 is 1.20 bits per heavy atom. The summed E-state index contributed by atoms with van der Waals surface area (Å²) in [6.07, 6.45) is -1.17. The van der Waals surface area contributed by atoms with Gasteiger partial charge in [0.15, 0.2) is 6.04 Å². The van der Waals surface area contributed by atoms with Crippen LogP contribution in [0.15, 0.2) is 0 Å². The second-order valence-electron chi connectivity index (χ2n) is 5.15. The van der Waals surface area contributed by atoms with Gasteiger partial charge in [-0.1, -0.05) is 0 Å². The summed E-state index contributed by atoms with van der Waals surface area (Å²) in [7, 11) is -2.67. The van der Waals surface area contributed by atoms with Crippen LogP contribution in [0.5, 0.6) is 0 Å². The molecule has 0 bridgehead atoms. The Hall–Kier alpha value is -1.35. The Morgan fingerprint density at radius 2 is 1.70 bits per heavy atom. The van der Waals surface area contributed by atoms with Crippen LogP contribution < -0.4 is 5.32 Å². The highest BCUT2D eigenvalue weighted by Gasteiger charge is 2.32.